The number of benzene rings is 2. The summed E-state index contributed by atoms with van der Waals surface area (Å²) in [4.78, 5) is 12.2. The maximum Gasteiger partial charge on any atom is 0.251 e. The molecule has 20 heavy (non-hydrogen) atoms. The Bertz CT molecular complexity index is 566. The Balaban J connectivity index is 2.06. The minimum Gasteiger partial charge on any atom is -0.380 e. The first-order chi connectivity index (χ1) is 9.70. The molecule has 2 aromatic rings. The van der Waals surface area contributed by atoms with E-state index in [1.807, 2.05) is 61.5 Å². The molecule has 3 nitrogen and oxygen atoms in total. The fraction of sp³-hybridized carbons (Fsp3) is 0.235. The van der Waals surface area contributed by atoms with Crippen molar-refractivity contribution in [1.29, 1.82) is 0 Å². The molecule has 2 aromatic carbocycles. The second-order valence-electron chi connectivity index (χ2n) is 4.74. The lowest BCUT2D eigenvalue weighted by atomic mass is 10.1. The second kappa shape index (κ2) is 6.87. The van der Waals surface area contributed by atoms with E-state index in [1.54, 1.807) is 7.11 Å². The second-order valence-corrected chi connectivity index (χ2v) is 4.74. The standard InChI is InChI=1S/C17H19NO2/c1-13(15-8-4-3-5-9-15)18-17(19)16-10-6-7-14(11-16)12-20-2/h3-11,13H,12H2,1-2H3,(H,18,19)/t13-/m1/s1. The predicted molar refractivity (Wildman–Crippen MR) is 79.5 cm³/mol. The zero-order valence-electron chi connectivity index (χ0n) is 11.8. The third-order valence-corrected chi connectivity index (χ3v) is 3.15. The molecule has 0 fully saturated rings. The average molecular weight is 269 g/mol. The Morgan fingerprint density at radius 2 is 1.90 bits per heavy atom. The van der Waals surface area contributed by atoms with Gasteiger partial charge in [-0.2, -0.15) is 0 Å². The molecule has 0 saturated heterocycles. The van der Waals surface area contributed by atoms with E-state index in [0.717, 1.165) is 11.1 Å². The molecule has 0 aliphatic rings. The zero-order valence-corrected chi connectivity index (χ0v) is 11.8. The highest BCUT2D eigenvalue weighted by atomic mass is 16.5. The zero-order chi connectivity index (χ0) is 14.4. The molecule has 0 aliphatic carbocycles. The fourth-order valence-corrected chi connectivity index (χ4v) is 2.07. The van der Waals surface area contributed by atoms with E-state index in [1.165, 1.54) is 0 Å². The van der Waals surface area contributed by atoms with Gasteiger partial charge in [-0.3, -0.25) is 4.79 Å². The number of amides is 1. The normalized spacial score (nSPS) is 11.9. The van der Waals surface area contributed by atoms with Gasteiger partial charge in [-0.05, 0) is 30.2 Å². The smallest absolute Gasteiger partial charge is 0.251 e. The van der Waals surface area contributed by atoms with Crippen molar-refractivity contribution in [2.75, 3.05) is 7.11 Å². The van der Waals surface area contributed by atoms with Gasteiger partial charge in [0.2, 0.25) is 0 Å². The SMILES string of the molecule is COCc1cccc(C(=O)N[C@H](C)c2ccccc2)c1. The molecule has 2 rings (SSSR count). The molecule has 0 bridgehead atoms. The van der Waals surface area contributed by atoms with Gasteiger partial charge in [-0.1, -0.05) is 42.5 Å². The lowest BCUT2D eigenvalue weighted by molar-refractivity contribution is 0.0939. The van der Waals surface area contributed by atoms with Crippen LogP contribution in [0.1, 0.15) is 34.5 Å². The Morgan fingerprint density at radius 3 is 2.60 bits per heavy atom. The molecular formula is C17H19NO2. The summed E-state index contributed by atoms with van der Waals surface area (Å²) in [6.07, 6.45) is 0. The summed E-state index contributed by atoms with van der Waals surface area (Å²) in [5, 5.41) is 3.00. The summed E-state index contributed by atoms with van der Waals surface area (Å²) < 4.78 is 5.08. The van der Waals surface area contributed by atoms with Crippen LogP contribution in [0.4, 0.5) is 0 Å². The van der Waals surface area contributed by atoms with Gasteiger partial charge in [0.15, 0.2) is 0 Å². The van der Waals surface area contributed by atoms with Crippen LogP contribution in [0.25, 0.3) is 0 Å². The summed E-state index contributed by atoms with van der Waals surface area (Å²) >= 11 is 0. The first-order valence-corrected chi connectivity index (χ1v) is 6.64. The number of ether oxygens (including phenoxy) is 1. The summed E-state index contributed by atoms with van der Waals surface area (Å²) in [5.74, 6) is -0.0701. The summed E-state index contributed by atoms with van der Waals surface area (Å²) in [5.41, 5.74) is 2.74. The van der Waals surface area contributed by atoms with Gasteiger partial charge >= 0.3 is 0 Å². The van der Waals surface area contributed by atoms with Gasteiger partial charge in [0, 0.05) is 12.7 Å². The molecule has 3 heteroatoms. The van der Waals surface area contributed by atoms with Crippen LogP contribution in [0.15, 0.2) is 54.6 Å². The maximum atomic E-state index is 12.2. The molecular weight excluding hydrogens is 250 g/mol. The van der Waals surface area contributed by atoms with Gasteiger partial charge in [0.25, 0.3) is 5.91 Å². The molecule has 1 N–H and O–H groups in total. The van der Waals surface area contributed by atoms with Crippen molar-refractivity contribution >= 4 is 5.91 Å². The molecule has 0 radical (unpaired) electrons. The van der Waals surface area contributed by atoms with Crippen LogP contribution >= 0.6 is 0 Å². The maximum absolute atomic E-state index is 12.2. The van der Waals surface area contributed by atoms with E-state index in [4.69, 9.17) is 4.74 Å². The number of methoxy groups -OCH3 is 1. The molecule has 0 unspecified atom stereocenters. The number of rotatable bonds is 5. The Kier molecular flexibility index (Phi) is 4.91. The van der Waals surface area contributed by atoms with Crippen LogP contribution in [0.3, 0.4) is 0 Å². The van der Waals surface area contributed by atoms with E-state index in [9.17, 15) is 4.79 Å². The predicted octanol–water partition coefficient (Wildman–Crippen LogP) is 3.32. The Hall–Kier alpha value is -2.13. The summed E-state index contributed by atoms with van der Waals surface area (Å²) in [6, 6.07) is 17.4. The lowest BCUT2D eigenvalue weighted by Crippen LogP contribution is -2.26. The van der Waals surface area contributed by atoms with Crippen LogP contribution < -0.4 is 5.32 Å². The topological polar surface area (TPSA) is 38.3 Å². The monoisotopic (exact) mass is 269 g/mol. The van der Waals surface area contributed by atoms with Crippen LogP contribution in [-0.4, -0.2) is 13.0 Å². The third-order valence-electron chi connectivity index (χ3n) is 3.15. The highest BCUT2D eigenvalue weighted by molar-refractivity contribution is 5.94. The van der Waals surface area contributed by atoms with Gasteiger partial charge in [0.05, 0.1) is 12.6 Å². The van der Waals surface area contributed by atoms with Crippen LogP contribution in [-0.2, 0) is 11.3 Å². The molecule has 0 spiro atoms. The largest absolute Gasteiger partial charge is 0.380 e. The van der Waals surface area contributed by atoms with Gasteiger partial charge < -0.3 is 10.1 Å². The fourth-order valence-electron chi connectivity index (χ4n) is 2.07. The minimum absolute atomic E-state index is 0.0187. The Morgan fingerprint density at radius 1 is 1.15 bits per heavy atom. The first-order valence-electron chi connectivity index (χ1n) is 6.64. The number of carbonyl (C=O) groups excluding carboxylic acids is 1. The molecule has 0 aromatic heterocycles. The first kappa shape index (κ1) is 14.3. The molecule has 1 atom stereocenters. The van der Waals surface area contributed by atoms with E-state index < -0.39 is 0 Å². The number of hydrogen-bond acceptors (Lipinski definition) is 2. The lowest BCUT2D eigenvalue weighted by Gasteiger charge is -2.14. The van der Waals surface area contributed by atoms with E-state index >= 15 is 0 Å². The number of carbonyl (C=O) groups is 1. The highest BCUT2D eigenvalue weighted by Gasteiger charge is 2.11. The van der Waals surface area contributed by atoms with Crippen molar-refractivity contribution in [2.24, 2.45) is 0 Å². The summed E-state index contributed by atoms with van der Waals surface area (Å²) in [6.45, 7) is 2.49. The number of hydrogen-bond donors (Lipinski definition) is 1. The third kappa shape index (κ3) is 3.68. The van der Waals surface area contributed by atoms with Crippen molar-refractivity contribution < 1.29 is 9.53 Å². The van der Waals surface area contributed by atoms with Crippen molar-refractivity contribution in [2.45, 2.75) is 19.6 Å². The van der Waals surface area contributed by atoms with Gasteiger partial charge in [0.1, 0.15) is 0 Å². The van der Waals surface area contributed by atoms with Gasteiger partial charge in [-0.25, -0.2) is 0 Å². The molecule has 0 heterocycles. The van der Waals surface area contributed by atoms with Crippen molar-refractivity contribution in [3.63, 3.8) is 0 Å². The van der Waals surface area contributed by atoms with Gasteiger partial charge in [-0.15, -0.1) is 0 Å². The van der Waals surface area contributed by atoms with E-state index in [-0.39, 0.29) is 11.9 Å². The van der Waals surface area contributed by atoms with Crippen molar-refractivity contribution in [1.82, 2.24) is 5.32 Å². The van der Waals surface area contributed by atoms with Crippen LogP contribution in [0.5, 0.6) is 0 Å². The van der Waals surface area contributed by atoms with Crippen molar-refractivity contribution in [3.05, 3.63) is 71.3 Å². The Labute approximate surface area is 119 Å². The van der Waals surface area contributed by atoms with E-state index in [2.05, 4.69) is 5.32 Å². The van der Waals surface area contributed by atoms with Crippen LogP contribution in [0.2, 0.25) is 0 Å². The van der Waals surface area contributed by atoms with Crippen molar-refractivity contribution in [3.8, 4) is 0 Å². The molecule has 0 aliphatic heterocycles. The quantitative estimate of drug-likeness (QED) is 0.904. The molecule has 0 saturated carbocycles. The van der Waals surface area contributed by atoms with Crippen LogP contribution in [0, 0.1) is 0 Å². The summed E-state index contributed by atoms with van der Waals surface area (Å²) in [7, 11) is 1.64. The highest BCUT2D eigenvalue weighted by Crippen LogP contribution is 2.13. The molecule has 1 amide bonds. The minimum atomic E-state index is -0.0701. The van der Waals surface area contributed by atoms with E-state index in [0.29, 0.717) is 12.2 Å². The molecule has 104 valence electrons. The number of nitrogens with one attached hydrogen (secondary N) is 1. The average Bonchev–Trinajstić information content (AvgIpc) is 2.48.